The van der Waals surface area contributed by atoms with Crippen LogP contribution in [0.5, 0.6) is 11.5 Å². The lowest BCUT2D eigenvalue weighted by molar-refractivity contribution is -0.149. The van der Waals surface area contributed by atoms with E-state index in [1.54, 1.807) is 24.3 Å². The third kappa shape index (κ3) is 3.41. The van der Waals surface area contributed by atoms with Crippen LogP contribution >= 0.6 is 0 Å². The standard InChI is InChI=1S/C20H19NO3/c1-13-14(2)19(13)20(22)24-18(12-21)15-7-6-10-17(11-15)23-16-8-4-3-5-9-16/h3-11,13-14,18-19H,1-2H3/t13?,14?,18-,19?/m1/s1. The second-order valence-corrected chi connectivity index (χ2v) is 6.18. The first kappa shape index (κ1) is 16.1. The van der Waals surface area contributed by atoms with Gasteiger partial charge in [-0.25, -0.2) is 0 Å². The van der Waals surface area contributed by atoms with Crippen LogP contribution in [0.15, 0.2) is 54.6 Å². The van der Waals surface area contributed by atoms with Crippen molar-refractivity contribution in [2.45, 2.75) is 20.0 Å². The average molecular weight is 321 g/mol. The maximum Gasteiger partial charge on any atom is 0.311 e. The van der Waals surface area contributed by atoms with Crippen molar-refractivity contribution in [2.24, 2.45) is 17.8 Å². The molecule has 0 aliphatic heterocycles. The van der Waals surface area contributed by atoms with Crippen LogP contribution < -0.4 is 4.74 Å². The lowest BCUT2D eigenvalue weighted by Gasteiger charge is -2.13. The van der Waals surface area contributed by atoms with Gasteiger partial charge in [-0.3, -0.25) is 4.79 Å². The van der Waals surface area contributed by atoms with E-state index in [0.717, 1.165) is 0 Å². The van der Waals surface area contributed by atoms with Crippen LogP contribution in [0, 0.1) is 29.1 Å². The third-order valence-electron chi connectivity index (χ3n) is 4.58. The Morgan fingerprint density at radius 2 is 1.71 bits per heavy atom. The van der Waals surface area contributed by atoms with E-state index in [4.69, 9.17) is 9.47 Å². The molecule has 4 heteroatoms. The molecule has 2 unspecified atom stereocenters. The maximum atomic E-state index is 12.1. The molecule has 0 N–H and O–H groups in total. The maximum absolute atomic E-state index is 12.1. The van der Waals surface area contributed by atoms with Gasteiger partial charge in [-0.15, -0.1) is 0 Å². The first-order valence-electron chi connectivity index (χ1n) is 8.03. The zero-order valence-corrected chi connectivity index (χ0v) is 13.7. The van der Waals surface area contributed by atoms with Gasteiger partial charge < -0.3 is 9.47 Å². The number of nitrogens with zero attached hydrogens (tertiary/aromatic N) is 1. The van der Waals surface area contributed by atoms with Gasteiger partial charge in [0.1, 0.15) is 17.6 Å². The molecule has 0 heterocycles. The van der Waals surface area contributed by atoms with Crippen molar-refractivity contribution in [3.63, 3.8) is 0 Å². The Balaban J connectivity index is 1.72. The lowest BCUT2D eigenvalue weighted by Crippen LogP contribution is -2.13. The molecule has 0 saturated heterocycles. The molecule has 0 amide bonds. The van der Waals surface area contributed by atoms with Gasteiger partial charge in [0.25, 0.3) is 0 Å². The summed E-state index contributed by atoms with van der Waals surface area (Å²) in [6.45, 7) is 4.04. The van der Waals surface area contributed by atoms with Crippen molar-refractivity contribution in [1.82, 2.24) is 0 Å². The fraction of sp³-hybridized carbons (Fsp3) is 0.300. The molecule has 3 rings (SSSR count). The number of esters is 1. The molecule has 2 aromatic carbocycles. The first-order valence-corrected chi connectivity index (χ1v) is 8.03. The van der Waals surface area contributed by atoms with E-state index in [1.807, 2.05) is 44.2 Å². The highest BCUT2D eigenvalue weighted by Gasteiger charge is 2.50. The number of benzene rings is 2. The molecule has 0 spiro atoms. The predicted molar refractivity (Wildman–Crippen MR) is 89.2 cm³/mol. The van der Waals surface area contributed by atoms with E-state index in [0.29, 0.717) is 28.9 Å². The van der Waals surface area contributed by atoms with E-state index >= 15 is 0 Å². The Kier molecular flexibility index (Phi) is 4.52. The number of nitriles is 1. The van der Waals surface area contributed by atoms with Crippen molar-refractivity contribution < 1.29 is 14.3 Å². The van der Waals surface area contributed by atoms with Crippen molar-refractivity contribution in [2.75, 3.05) is 0 Å². The summed E-state index contributed by atoms with van der Waals surface area (Å²) in [6, 6.07) is 18.5. The summed E-state index contributed by atoms with van der Waals surface area (Å²) in [7, 11) is 0. The molecule has 2 aromatic rings. The highest BCUT2D eigenvalue weighted by atomic mass is 16.5. The van der Waals surface area contributed by atoms with Crippen molar-refractivity contribution >= 4 is 5.97 Å². The van der Waals surface area contributed by atoms with E-state index in [9.17, 15) is 10.1 Å². The molecule has 0 aromatic heterocycles. The second kappa shape index (κ2) is 6.76. The van der Waals surface area contributed by atoms with Crippen LogP contribution in [0.3, 0.4) is 0 Å². The molecule has 1 aliphatic rings. The molecular weight excluding hydrogens is 302 g/mol. The Labute approximate surface area is 141 Å². The minimum atomic E-state index is -0.920. The van der Waals surface area contributed by atoms with Crippen LogP contribution in [0.2, 0.25) is 0 Å². The fourth-order valence-electron chi connectivity index (χ4n) is 2.82. The van der Waals surface area contributed by atoms with E-state index in [-0.39, 0.29) is 11.9 Å². The Morgan fingerprint density at radius 1 is 1.04 bits per heavy atom. The van der Waals surface area contributed by atoms with E-state index < -0.39 is 6.10 Å². The van der Waals surface area contributed by atoms with Gasteiger partial charge >= 0.3 is 5.97 Å². The van der Waals surface area contributed by atoms with E-state index in [1.165, 1.54) is 0 Å². The molecule has 0 bridgehead atoms. The number of hydrogen-bond donors (Lipinski definition) is 0. The first-order chi connectivity index (χ1) is 11.6. The van der Waals surface area contributed by atoms with Crippen LogP contribution in [-0.2, 0) is 9.53 Å². The zero-order valence-electron chi connectivity index (χ0n) is 13.7. The summed E-state index contributed by atoms with van der Waals surface area (Å²) in [5, 5.41) is 9.37. The van der Waals surface area contributed by atoms with Gasteiger partial charge in [0.15, 0.2) is 0 Å². The Hall–Kier alpha value is -2.80. The molecular formula is C20H19NO3. The molecule has 1 saturated carbocycles. The van der Waals surface area contributed by atoms with E-state index in [2.05, 4.69) is 6.07 Å². The SMILES string of the molecule is CC1C(C)C1C(=O)O[C@H](C#N)c1cccc(Oc2ccccc2)c1. The molecule has 3 atom stereocenters. The summed E-state index contributed by atoms with van der Waals surface area (Å²) in [4.78, 5) is 12.1. The molecule has 0 radical (unpaired) electrons. The Bertz CT molecular complexity index is 758. The van der Waals surface area contributed by atoms with Gasteiger partial charge in [0.2, 0.25) is 6.10 Å². The van der Waals surface area contributed by atoms with Crippen molar-refractivity contribution in [3.8, 4) is 17.6 Å². The van der Waals surface area contributed by atoms with Gasteiger partial charge in [-0.2, -0.15) is 5.26 Å². The van der Waals surface area contributed by atoms with Crippen molar-refractivity contribution in [1.29, 1.82) is 5.26 Å². The predicted octanol–water partition coefficient (Wildman–Crippen LogP) is 4.49. The van der Waals surface area contributed by atoms with Gasteiger partial charge in [0, 0.05) is 5.56 Å². The summed E-state index contributed by atoms with van der Waals surface area (Å²) >= 11 is 0. The number of para-hydroxylation sites is 1. The molecule has 1 aliphatic carbocycles. The fourth-order valence-corrected chi connectivity index (χ4v) is 2.82. The summed E-state index contributed by atoms with van der Waals surface area (Å²) in [6.07, 6.45) is -0.920. The molecule has 122 valence electrons. The quantitative estimate of drug-likeness (QED) is 0.761. The minimum Gasteiger partial charge on any atom is -0.457 e. The average Bonchev–Trinajstić information content (AvgIpc) is 3.20. The minimum absolute atomic E-state index is 0.0930. The lowest BCUT2D eigenvalue weighted by atomic mass is 10.1. The molecule has 4 nitrogen and oxygen atoms in total. The smallest absolute Gasteiger partial charge is 0.311 e. The largest absolute Gasteiger partial charge is 0.457 e. The van der Waals surface area contributed by atoms with Crippen LogP contribution in [0.25, 0.3) is 0 Å². The van der Waals surface area contributed by atoms with Crippen molar-refractivity contribution in [3.05, 3.63) is 60.2 Å². The Morgan fingerprint density at radius 3 is 2.33 bits per heavy atom. The third-order valence-corrected chi connectivity index (χ3v) is 4.58. The number of ether oxygens (including phenoxy) is 2. The highest BCUT2D eigenvalue weighted by Crippen LogP contribution is 2.46. The summed E-state index contributed by atoms with van der Waals surface area (Å²) < 4.78 is 11.2. The van der Waals surface area contributed by atoms with Crippen LogP contribution in [0.1, 0.15) is 25.5 Å². The van der Waals surface area contributed by atoms with Crippen LogP contribution in [0.4, 0.5) is 0 Å². The molecule has 1 fully saturated rings. The number of rotatable bonds is 5. The second-order valence-electron chi connectivity index (χ2n) is 6.18. The highest BCUT2D eigenvalue weighted by molar-refractivity contribution is 5.76. The number of hydrogen-bond acceptors (Lipinski definition) is 4. The summed E-state index contributed by atoms with van der Waals surface area (Å²) in [5.41, 5.74) is 0.611. The number of carbonyl (C=O) groups is 1. The normalized spacial score (nSPS) is 23.0. The molecule has 24 heavy (non-hydrogen) atoms. The monoisotopic (exact) mass is 321 g/mol. The van der Waals surface area contributed by atoms with Gasteiger partial charge in [-0.05, 0) is 36.1 Å². The number of carbonyl (C=O) groups excluding carboxylic acids is 1. The summed E-state index contributed by atoms with van der Waals surface area (Å²) in [5.74, 6) is 1.57. The van der Waals surface area contributed by atoms with Gasteiger partial charge in [0.05, 0.1) is 5.92 Å². The van der Waals surface area contributed by atoms with Gasteiger partial charge in [-0.1, -0.05) is 44.2 Å². The zero-order chi connectivity index (χ0) is 17.1. The topological polar surface area (TPSA) is 59.3 Å². The van der Waals surface area contributed by atoms with Crippen LogP contribution in [-0.4, -0.2) is 5.97 Å².